The van der Waals surface area contributed by atoms with Crippen molar-refractivity contribution in [3.63, 3.8) is 0 Å². The van der Waals surface area contributed by atoms with Crippen LogP contribution in [0.2, 0.25) is 0 Å². The second kappa shape index (κ2) is 13.0. The summed E-state index contributed by atoms with van der Waals surface area (Å²) in [5.41, 5.74) is 17.8. The first kappa shape index (κ1) is 33.3. The lowest BCUT2D eigenvalue weighted by molar-refractivity contribution is 0.660. The molecule has 0 N–H and O–H groups in total. The van der Waals surface area contributed by atoms with Crippen molar-refractivity contribution in [1.82, 2.24) is 0 Å². The van der Waals surface area contributed by atoms with Crippen molar-refractivity contribution >= 4 is 32.3 Å². The standard InChI is InChI=1S/C57H40/c1-57(2)53-30-11-10-28-50(53)56-45(29-15-31-54(56)57)43-23-14-21-41(34-43)39-19-12-18-38(32-39)40-20-13-22-42(33-40)44-35-51(37-16-4-3-5-17-37)55-49-27-9-8-25-47(49)46-24-6-7-26-48(46)52(55)36-44/h3-36H,1-2H3. The zero-order chi connectivity index (χ0) is 38.1. The molecule has 0 spiro atoms. The maximum absolute atomic E-state index is 2.41. The Labute approximate surface area is 334 Å². The maximum atomic E-state index is 2.41. The molecule has 0 fully saturated rings. The molecular weight excluding hydrogens is 685 g/mol. The molecule has 0 aromatic heterocycles. The van der Waals surface area contributed by atoms with E-state index in [0.29, 0.717) is 0 Å². The SMILES string of the molecule is CC1(C)c2ccccc2-c2c(-c3cccc(-c4cccc(-c5cccc(-c6cc(-c7ccccc7)c7c8ccccc8c8ccccc8c7c6)c5)c4)c3)cccc21. The van der Waals surface area contributed by atoms with E-state index in [4.69, 9.17) is 0 Å². The molecule has 0 radical (unpaired) electrons. The highest BCUT2D eigenvalue weighted by atomic mass is 14.4. The largest absolute Gasteiger partial charge is 0.0622 e. The molecule has 57 heavy (non-hydrogen) atoms. The molecule has 0 saturated carbocycles. The van der Waals surface area contributed by atoms with Crippen LogP contribution in [-0.2, 0) is 5.41 Å². The van der Waals surface area contributed by atoms with E-state index in [-0.39, 0.29) is 5.41 Å². The van der Waals surface area contributed by atoms with Crippen molar-refractivity contribution < 1.29 is 0 Å². The van der Waals surface area contributed by atoms with Crippen LogP contribution in [0.3, 0.4) is 0 Å². The highest BCUT2D eigenvalue weighted by molar-refractivity contribution is 6.29. The van der Waals surface area contributed by atoms with Gasteiger partial charge in [-0.15, -0.1) is 0 Å². The Kier molecular flexibility index (Phi) is 7.63. The van der Waals surface area contributed by atoms with E-state index >= 15 is 0 Å². The molecule has 0 amide bonds. The van der Waals surface area contributed by atoms with Crippen molar-refractivity contribution in [2.75, 3.05) is 0 Å². The van der Waals surface area contributed by atoms with Gasteiger partial charge in [0, 0.05) is 5.41 Å². The van der Waals surface area contributed by atoms with Gasteiger partial charge in [-0.1, -0.05) is 190 Å². The lowest BCUT2D eigenvalue weighted by Crippen LogP contribution is -2.14. The van der Waals surface area contributed by atoms with Crippen LogP contribution in [0, 0.1) is 0 Å². The molecule has 0 saturated heterocycles. The molecule has 0 heteroatoms. The number of hydrogen-bond acceptors (Lipinski definition) is 0. The van der Waals surface area contributed by atoms with Gasteiger partial charge in [0.15, 0.2) is 0 Å². The van der Waals surface area contributed by atoms with Crippen LogP contribution >= 0.6 is 0 Å². The predicted octanol–water partition coefficient (Wildman–Crippen LogP) is 15.8. The molecule has 1 aliphatic rings. The average Bonchev–Trinajstić information content (AvgIpc) is 3.52. The fourth-order valence-electron chi connectivity index (χ4n) is 9.66. The number of fused-ring (bicyclic) bond motifs is 9. The summed E-state index contributed by atoms with van der Waals surface area (Å²) in [6, 6.07) is 76.4. The normalized spacial score (nSPS) is 12.9. The van der Waals surface area contributed by atoms with Gasteiger partial charge in [-0.2, -0.15) is 0 Å². The minimum Gasteiger partial charge on any atom is -0.0622 e. The van der Waals surface area contributed by atoms with E-state index in [2.05, 4.69) is 220 Å². The van der Waals surface area contributed by atoms with Crippen molar-refractivity contribution in [1.29, 1.82) is 0 Å². The van der Waals surface area contributed by atoms with Gasteiger partial charge in [-0.3, -0.25) is 0 Å². The molecule has 1 aliphatic carbocycles. The topological polar surface area (TPSA) is 0 Å². The van der Waals surface area contributed by atoms with Crippen LogP contribution in [-0.4, -0.2) is 0 Å². The van der Waals surface area contributed by atoms with E-state index in [1.165, 1.54) is 110 Å². The van der Waals surface area contributed by atoms with Gasteiger partial charge >= 0.3 is 0 Å². The van der Waals surface area contributed by atoms with Crippen LogP contribution in [0.15, 0.2) is 206 Å². The summed E-state index contributed by atoms with van der Waals surface area (Å²) < 4.78 is 0. The second-order valence-electron chi connectivity index (χ2n) is 16.0. The van der Waals surface area contributed by atoms with Gasteiger partial charge in [-0.25, -0.2) is 0 Å². The molecule has 0 atom stereocenters. The molecule has 268 valence electrons. The van der Waals surface area contributed by atoms with Crippen LogP contribution < -0.4 is 0 Å². The molecular formula is C57H40. The summed E-state index contributed by atoms with van der Waals surface area (Å²) >= 11 is 0. The predicted molar refractivity (Wildman–Crippen MR) is 244 cm³/mol. The Morgan fingerprint density at radius 1 is 0.263 bits per heavy atom. The first-order valence-corrected chi connectivity index (χ1v) is 20.0. The molecule has 0 bridgehead atoms. The Bertz CT molecular complexity index is 3200. The van der Waals surface area contributed by atoms with Crippen molar-refractivity contribution in [3.05, 3.63) is 217 Å². The minimum absolute atomic E-state index is 0.0272. The number of rotatable bonds is 5. The van der Waals surface area contributed by atoms with Gasteiger partial charge in [0.05, 0.1) is 0 Å². The maximum Gasteiger partial charge on any atom is 0.0159 e. The molecule has 10 aromatic rings. The molecule has 0 unspecified atom stereocenters. The summed E-state index contributed by atoms with van der Waals surface area (Å²) in [5, 5.41) is 7.74. The Morgan fingerprint density at radius 3 is 1.37 bits per heavy atom. The molecule has 0 nitrogen and oxygen atoms in total. The highest BCUT2D eigenvalue weighted by Gasteiger charge is 2.36. The van der Waals surface area contributed by atoms with Gasteiger partial charge in [0.1, 0.15) is 0 Å². The monoisotopic (exact) mass is 724 g/mol. The van der Waals surface area contributed by atoms with Gasteiger partial charge in [0.25, 0.3) is 0 Å². The second-order valence-corrected chi connectivity index (χ2v) is 16.0. The Morgan fingerprint density at radius 2 is 0.702 bits per heavy atom. The van der Waals surface area contributed by atoms with Gasteiger partial charge < -0.3 is 0 Å². The van der Waals surface area contributed by atoms with Crippen LogP contribution in [0.4, 0.5) is 0 Å². The average molecular weight is 725 g/mol. The quantitative estimate of drug-likeness (QED) is 0.155. The Hall–Kier alpha value is -7.02. The van der Waals surface area contributed by atoms with E-state index in [0.717, 1.165) is 0 Å². The number of benzene rings is 10. The first-order valence-electron chi connectivity index (χ1n) is 20.0. The molecule has 11 rings (SSSR count). The van der Waals surface area contributed by atoms with E-state index in [1.54, 1.807) is 0 Å². The summed E-state index contributed by atoms with van der Waals surface area (Å²) in [5.74, 6) is 0. The first-order chi connectivity index (χ1) is 28.0. The van der Waals surface area contributed by atoms with Crippen LogP contribution in [0.5, 0.6) is 0 Å². The summed E-state index contributed by atoms with van der Waals surface area (Å²) in [6.07, 6.45) is 0. The van der Waals surface area contributed by atoms with Gasteiger partial charge in [0.2, 0.25) is 0 Å². The lowest BCUT2D eigenvalue weighted by atomic mass is 9.82. The lowest BCUT2D eigenvalue weighted by Gasteiger charge is -2.21. The van der Waals surface area contributed by atoms with E-state index in [1.807, 2.05) is 0 Å². The van der Waals surface area contributed by atoms with Crippen molar-refractivity contribution in [2.45, 2.75) is 19.3 Å². The third-order valence-corrected chi connectivity index (χ3v) is 12.4. The summed E-state index contributed by atoms with van der Waals surface area (Å²) in [6.45, 7) is 4.70. The van der Waals surface area contributed by atoms with Crippen molar-refractivity contribution in [3.8, 4) is 66.8 Å². The third kappa shape index (κ3) is 5.36. The number of hydrogen-bond donors (Lipinski definition) is 0. The highest BCUT2D eigenvalue weighted by Crippen LogP contribution is 2.52. The van der Waals surface area contributed by atoms with Crippen LogP contribution in [0.25, 0.3) is 99.1 Å². The van der Waals surface area contributed by atoms with Gasteiger partial charge in [-0.05, 0) is 141 Å². The van der Waals surface area contributed by atoms with Crippen LogP contribution in [0.1, 0.15) is 25.0 Å². The molecule has 10 aromatic carbocycles. The zero-order valence-electron chi connectivity index (χ0n) is 32.1. The fraction of sp³-hybridized carbons (Fsp3) is 0.0526. The van der Waals surface area contributed by atoms with E-state index in [9.17, 15) is 0 Å². The zero-order valence-corrected chi connectivity index (χ0v) is 32.1. The van der Waals surface area contributed by atoms with Crippen molar-refractivity contribution in [2.24, 2.45) is 0 Å². The minimum atomic E-state index is -0.0272. The molecule has 0 heterocycles. The molecule has 0 aliphatic heterocycles. The van der Waals surface area contributed by atoms with E-state index < -0.39 is 0 Å². The smallest absolute Gasteiger partial charge is 0.0159 e. The fourth-order valence-corrected chi connectivity index (χ4v) is 9.66. The summed E-state index contributed by atoms with van der Waals surface area (Å²) in [4.78, 5) is 0. The Balaban J connectivity index is 1.02. The summed E-state index contributed by atoms with van der Waals surface area (Å²) in [7, 11) is 0. The third-order valence-electron chi connectivity index (χ3n) is 12.4.